The van der Waals surface area contributed by atoms with Crippen molar-refractivity contribution in [2.75, 3.05) is 19.4 Å². The van der Waals surface area contributed by atoms with Gasteiger partial charge in [-0.15, -0.1) is 0 Å². The lowest BCUT2D eigenvalue weighted by molar-refractivity contribution is -0.123. The molecule has 12 heteroatoms. The van der Waals surface area contributed by atoms with E-state index < -0.39 is 6.10 Å². The van der Waals surface area contributed by atoms with Gasteiger partial charge in [0.15, 0.2) is 5.82 Å². The molecule has 0 radical (unpaired) electrons. The van der Waals surface area contributed by atoms with Crippen molar-refractivity contribution in [3.05, 3.63) is 36.3 Å². The lowest BCUT2D eigenvalue weighted by Crippen LogP contribution is -2.48. The molecule has 1 aliphatic heterocycles. The number of nitrogens with one attached hydrogen (secondary N) is 3. The number of aromatic nitrogens is 4. The number of nitrogens with zero attached hydrogens (tertiary/aromatic N) is 4. The Labute approximate surface area is 207 Å². The molecule has 6 N–H and O–H groups in total. The first-order valence-corrected chi connectivity index (χ1v) is 12.1. The summed E-state index contributed by atoms with van der Waals surface area (Å²) in [6.07, 6.45) is 5.93. The molecule has 36 heavy (non-hydrogen) atoms. The number of nitrogen functional groups attached to an aromatic ring is 1. The number of ether oxygens (including phenoxy) is 1. The van der Waals surface area contributed by atoms with E-state index in [2.05, 4.69) is 31.0 Å². The van der Waals surface area contributed by atoms with Crippen LogP contribution in [-0.4, -0.2) is 74.4 Å². The molecule has 1 saturated heterocycles. The maximum absolute atomic E-state index is 13.3. The van der Waals surface area contributed by atoms with E-state index in [0.717, 1.165) is 31.2 Å². The second-order valence-corrected chi connectivity index (χ2v) is 9.32. The van der Waals surface area contributed by atoms with Crippen LogP contribution in [0.15, 0.2) is 30.7 Å². The SMILES string of the molecule is COc1cc(-c2cc(C(=O)N[C@H]3CC[C@H](NC(=O)[C@@H]4C[C@@H](O)CN4)CC3)c3c(N)ncnn23)ccn1. The van der Waals surface area contributed by atoms with Crippen molar-refractivity contribution >= 4 is 23.1 Å². The highest BCUT2D eigenvalue weighted by atomic mass is 16.5. The van der Waals surface area contributed by atoms with Crippen molar-refractivity contribution in [2.24, 2.45) is 0 Å². The van der Waals surface area contributed by atoms with Gasteiger partial charge in [-0.05, 0) is 44.2 Å². The van der Waals surface area contributed by atoms with E-state index >= 15 is 0 Å². The van der Waals surface area contributed by atoms with E-state index in [4.69, 9.17) is 10.5 Å². The highest BCUT2D eigenvalue weighted by Gasteiger charge is 2.31. The highest BCUT2D eigenvalue weighted by Crippen LogP contribution is 2.29. The van der Waals surface area contributed by atoms with Crippen molar-refractivity contribution in [2.45, 2.75) is 56.3 Å². The quantitative estimate of drug-likeness (QED) is 0.323. The number of methoxy groups -OCH3 is 1. The number of hydrogen-bond donors (Lipinski definition) is 5. The fourth-order valence-electron chi connectivity index (χ4n) is 4.99. The van der Waals surface area contributed by atoms with Gasteiger partial charge in [-0.25, -0.2) is 14.5 Å². The second kappa shape index (κ2) is 10.1. The van der Waals surface area contributed by atoms with Crippen LogP contribution < -0.4 is 26.4 Å². The van der Waals surface area contributed by atoms with E-state index in [9.17, 15) is 14.7 Å². The van der Waals surface area contributed by atoms with Gasteiger partial charge in [0, 0.05) is 36.5 Å². The molecule has 2 amide bonds. The molecule has 4 heterocycles. The number of nitrogens with two attached hydrogens (primary N) is 1. The maximum atomic E-state index is 13.3. The third kappa shape index (κ3) is 4.82. The third-order valence-electron chi connectivity index (χ3n) is 6.90. The molecule has 0 unspecified atom stereocenters. The number of anilines is 1. The largest absolute Gasteiger partial charge is 0.481 e. The maximum Gasteiger partial charge on any atom is 0.253 e. The van der Waals surface area contributed by atoms with Crippen LogP contribution in [0, 0.1) is 0 Å². The topological polar surface area (TPSA) is 169 Å². The van der Waals surface area contributed by atoms with E-state index in [1.807, 2.05) is 6.07 Å². The van der Waals surface area contributed by atoms with Gasteiger partial charge in [0.2, 0.25) is 11.8 Å². The second-order valence-electron chi connectivity index (χ2n) is 9.32. The van der Waals surface area contributed by atoms with Crippen LogP contribution in [-0.2, 0) is 4.79 Å². The molecule has 1 aliphatic carbocycles. The van der Waals surface area contributed by atoms with Crippen LogP contribution in [0.1, 0.15) is 42.5 Å². The smallest absolute Gasteiger partial charge is 0.253 e. The minimum absolute atomic E-state index is 0.0256. The average molecular weight is 495 g/mol. The van der Waals surface area contributed by atoms with Crippen LogP contribution >= 0.6 is 0 Å². The Kier molecular flexibility index (Phi) is 6.70. The number of rotatable bonds is 6. The summed E-state index contributed by atoms with van der Waals surface area (Å²) in [5.74, 6) is 0.326. The molecule has 0 spiro atoms. The molecule has 0 bridgehead atoms. The van der Waals surface area contributed by atoms with Gasteiger partial charge in [-0.3, -0.25) is 9.59 Å². The summed E-state index contributed by atoms with van der Waals surface area (Å²) in [5, 5.41) is 23.2. The van der Waals surface area contributed by atoms with Crippen LogP contribution in [0.4, 0.5) is 5.82 Å². The lowest BCUT2D eigenvalue weighted by Gasteiger charge is -2.30. The first-order chi connectivity index (χ1) is 17.4. The Bertz CT molecular complexity index is 1270. The van der Waals surface area contributed by atoms with Gasteiger partial charge in [-0.2, -0.15) is 5.10 Å². The Morgan fingerprint density at radius 1 is 1.17 bits per heavy atom. The van der Waals surface area contributed by atoms with Gasteiger partial charge in [-0.1, -0.05) is 0 Å². The Hall–Kier alpha value is -3.77. The van der Waals surface area contributed by atoms with Gasteiger partial charge < -0.3 is 31.5 Å². The van der Waals surface area contributed by atoms with Crippen molar-refractivity contribution in [1.29, 1.82) is 0 Å². The number of β-amino-alcohol motifs (C(OH)–C–C–N with tert-alkyl or cyclic N) is 1. The molecule has 1 saturated carbocycles. The minimum atomic E-state index is -0.474. The number of aliphatic hydroxyl groups is 1. The molecule has 12 nitrogen and oxygen atoms in total. The number of amides is 2. The zero-order valence-corrected chi connectivity index (χ0v) is 20.0. The van der Waals surface area contributed by atoms with E-state index in [0.29, 0.717) is 35.6 Å². The molecule has 3 aromatic rings. The molecule has 0 aromatic carbocycles. The molecular weight excluding hydrogens is 464 g/mol. The number of aliphatic hydroxyl groups excluding tert-OH is 1. The zero-order chi connectivity index (χ0) is 25.2. The third-order valence-corrected chi connectivity index (χ3v) is 6.90. The summed E-state index contributed by atoms with van der Waals surface area (Å²) in [6, 6.07) is 5.00. The van der Waals surface area contributed by atoms with Crippen LogP contribution in [0.2, 0.25) is 0 Å². The fraction of sp³-hybridized carbons (Fsp3) is 0.458. The molecule has 2 atom stereocenters. The number of carbonyl (C=O) groups is 2. The van der Waals surface area contributed by atoms with Crippen LogP contribution in [0.5, 0.6) is 5.88 Å². The van der Waals surface area contributed by atoms with Gasteiger partial charge >= 0.3 is 0 Å². The Morgan fingerprint density at radius 2 is 1.92 bits per heavy atom. The summed E-state index contributed by atoms with van der Waals surface area (Å²) in [5.41, 5.74) is 8.42. The van der Waals surface area contributed by atoms with E-state index in [1.165, 1.54) is 13.4 Å². The zero-order valence-electron chi connectivity index (χ0n) is 20.0. The highest BCUT2D eigenvalue weighted by molar-refractivity contribution is 6.05. The van der Waals surface area contributed by atoms with Crippen molar-refractivity contribution in [3.8, 4) is 17.1 Å². The normalized spacial score (nSPS) is 23.9. The molecule has 5 rings (SSSR count). The molecule has 190 valence electrons. The van der Waals surface area contributed by atoms with Gasteiger partial charge in [0.25, 0.3) is 5.91 Å². The first kappa shape index (κ1) is 23.9. The van der Waals surface area contributed by atoms with Gasteiger partial charge in [0.1, 0.15) is 11.8 Å². The van der Waals surface area contributed by atoms with Gasteiger partial charge in [0.05, 0.1) is 30.5 Å². The number of pyridine rings is 1. The summed E-state index contributed by atoms with van der Waals surface area (Å²) < 4.78 is 6.84. The monoisotopic (exact) mass is 494 g/mol. The Morgan fingerprint density at radius 3 is 2.61 bits per heavy atom. The summed E-state index contributed by atoms with van der Waals surface area (Å²) in [4.78, 5) is 34.0. The first-order valence-electron chi connectivity index (χ1n) is 12.1. The fourth-order valence-corrected chi connectivity index (χ4v) is 4.99. The average Bonchev–Trinajstić information content (AvgIpc) is 3.50. The lowest BCUT2D eigenvalue weighted by atomic mass is 9.90. The predicted molar refractivity (Wildman–Crippen MR) is 131 cm³/mol. The molecule has 3 aromatic heterocycles. The van der Waals surface area contributed by atoms with E-state index in [-0.39, 0.29) is 35.8 Å². The molecular formula is C24H30N8O4. The van der Waals surface area contributed by atoms with E-state index in [1.54, 1.807) is 22.8 Å². The molecule has 2 fully saturated rings. The number of fused-ring (bicyclic) bond motifs is 1. The van der Waals surface area contributed by atoms with Crippen LogP contribution in [0.3, 0.4) is 0 Å². The molecule has 2 aliphatic rings. The predicted octanol–water partition coefficient (Wildman–Crippen LogP) is 0.262. The van der Waals surface area contributed by atoms with Crippen LogP contribution in [0.25, 0.3) is 16.8 Å². The van der Waals surface area contributed by atoms with Crippen molar-refractivity contribution in [3.63, 3.8) is 0 Å². The Balaban J connectivity index is 1.27. The number of carbonyl (C=O) groups excluding carboxylic acids is 2. The summed E-state index contributed by atoms with van der Waals surface area (Å²) in [7, 11) is 1.54. The van der Waals surface area contributed by atoms with Crippen molar-refractivity contribution in [1.82, 2.24) is 35.5 Å². The summed E-state index contributed by atoms with van der Waals surface area (Å²) >= 11 is 0. The standard InChI is InChI=1S/C24H30N8O4/c1-36-20-8-13(6-7-26-20)19-10-17(21-22(25)28-12-29-32(19)21)23(34)30-14-2-4-15(5-3-14)31-24(35)18-9-16(33)11-27-18/h6-8,10,12,14-16,18,27,33H,2-5,9,11H2,1H3,(H,30,34)(H,31,35)(H2,25,28,29)/t14-,15-,16-,18+/m1/s1. The summed E-state index contributed by atoms with van der Waals surface area (Å²) in [6.45, 7) is 0.442. The minimum Gasteiger partial charge on any atom is -0.481 e. The van der Waals surface area contributed by atoms with Crippen molar-refractivity contribution < 1.29 is 19.4 Å². The number of hydrogen-bond acceptors (Lipinski definition) is 9.